The molecule has 1 atom stereocenters. The van der Waals surface area contributed by atoms with Gasteiger partial charge in [0.1, 0.15) is 0 Å². The molecule has 3 aromatic rings. The van der Waals surface area contributed by atoms with Gasteiger partial charge in [-0.25, -0.2) is 0 Å². The third-order valence-corrected chi connectivity index (χ3v) is 19.6. The summed E-state index contributed by atoms with van der Waals surface area (Å²) in [6.07, 6.45) is 16.8. The van der Waals surface area contributed by atoms with Gasteiger partial charge in [-0.3, -0.25) is 0 Å². The molecule has 0 N–H and O–H groups in total. The maximum atomic E-state index is 2.88. The average molecular weight is 757 g/mol. The molecular formula is C45H54Cl2Zr. The van der Waals surface area contributed by atoms with Crippen LogP contribution < -0.4 is 28.1 Å². The Hall–Kier alpha value is -1.53. The minimum Gasteiger partial charge on any atom is -1.00 e. The van der Waals surface area contributed by atoms with E-state index in [1.807, 2.05) is 3.28 Å². The second-order valence-electron chi connectivity index (χ2n) is 18.1. The maximum absolute atomic E-state index is 2.88. The van der Waals surface area contributed by atoms with Crippen LogP contribution in [0.1, 0.15) is 115 Å². The van der Waals surface area contributed by atoms with Crippen molar-refractivity contribution in [3.63, 3.8) is 0 Å². The van der Waals surface area contributed by atoms with E-state index in [4.69, 9.17) is 0 Å². The van der Waals surface area contributed by atoms with Crippen molar-refractivity contribution in [2.45, 2.75) is 111 Å². The minimum atomic E-state index is -2.46. The molecule has 3 heteroatoms. The van der Waals surface area contributed by atoms with Crippen molar-refractivity contribution in [1.29, 1.82) is 0 Å². The summed E-state index contributed by atoms with van der Waals surface area (Å²) in [7, 11) is 0. The van der Waals surface area contributed by atoms with Gasteiger partial charge in [-0.2, -0.15) is 0 Å². The van der Waals surface area contributed by atoms with Crippen LogP contribution in [-0.2, 0) is 44.9 Å². The molecule has 4 bridgehead atoms. The smallest absolute Gasteiger partial charge is 1.00 e. The maximum Gasteiger partial charge on any atom is -1.00 e. The minimum absolute atomic E-state index is 0. The van der Waals surface area contributed by atoms with Crippen LogP contribution in [0.2, 0.25) is 0 Å². The summed E-state index contributed by atoms with van der Waals surface area (Å²) in [5, 5.41) is 0. The second kappa shape index (κ2) is 13.2. The Labute approximate surface area is 311 Å². The van der Waals surface area contributed by atoms with Crippen molar-refractivity contribution in [1.82, 2.24) is 0 Å². The van der Waals surface area contributed by atoms with Crippen LogP contribution in [0.3, 0.4) is 0 Å². The van der Waals surface area contributed by atoms with Crippen LogP contribution in [0.25, 0.3) is 11.1 Å². The fraction of sp³-hybridized carbons (Fsp3) is 0.489. The van der Waals surface area contributed by atoms with E-state index in [-0.39, 0.29) is 35.6 Å². The SMILES string of the molecule is CC1C=C(C23CC4CC(CC(C4)C2)C3)C=[C]1[Zr+2](=[CH]Cc1ccccc1)[c]1cc(C(C)(C)C)cc2c1Cc1ccc(C(C)(C)C)cc1-2.[Cl-].[Cl-]. The number of hydrogen-bond donors (Lipinski definition) is 0. The van der Waals surface area contributed by atoms with Gasteiger partial charge in [0.2, 0.25) is 0 Å². The van der Waals surface area contributed by atoms with Crippen LogP contribution in [0.4, 0.5) is 0 Å². The van der Waals surface area contributed by atoms with E-state index in [0.717, 1.165) is 30.6 Å². The first-order valence-corrected chi connectivity index (χ1v) is 22.2. The first kappa shape index (κ1) is 36.3. The molecular weight excluding hydrogens is 703 g/mol. The summed E-state index contributed by atoms with van der Waals surface area (Å²) in [5.74, 6) is 3.54. The number of benzene rings is 3. The van der Waals surface area contributed by atoms with Gasteiger partial charge < -0.3 is 24.8 Å². The molecule has 0 heterocycles. The van der Waals surface area contributed by atoms with Crippen LogP contribution in [-0.4, -0.2) is 3.71 Å². The first-order valence-electron chi connectivity index (χ1n) is 18.4. The average Bonchev–Trinajstić information content (AvgIpc) is 3.57. The standard InChI is InChI=1S/C21H25.C16H21.C8H8.2ClH.Zr/c1-20(2,3)16-9-7-14-11-15-8-10-17(21(4,5)6)13-19(15)18(14)12-16;1-11-2-3-15(4-11)16-8-12-5-13(9-16)7-14(6-12)10-16;1-2-8-6-4-3-5-7-8;;;/h7,9-10,12-13H,11H2,1-6H3;3-4,11-14H,5-10H2,1H3;1,3-7H,2H2;2*1H;/q;;;;;+2/p-2. The molecule has 48 heavy (non-hydrogen) atoms. The Bertz CT molecular complexity index is 1760. The normalized spacial score (nSPS) is 26.7. The molecule has 1 unspecified atom stereocenters. The van der Waals surface area contributed by atoms with E-state index in [1.54, 1.807) is 14.4 Å². The largest absolute Gasteiger partial charge is 1.00 e. The molecule has 3 aromatic carbocycles. The van der Waals surface area contributed by atoms with Crippen LogP contribution in [0.5, 0.6) is 0 Å². The molecule has 4 fully saturated rings. The van der Waals surface area contributed by atoms with Crippen molar-refractivity contribution < 1.29 is 46.1 Å². The Balaban J connectivity index is 0.00000201. The number of rotatable bonds is 5. The Morgan fingerprint density at radius 3 is 1.96 bits per heavy atom. The number of hydrogen-bond acceptors (Lipinski definition) is 0. The van der Waals surface area contributed by atoms with E-state index < -0.39 is 21.3 Å². The zero-order valence-corrected chi connectivity index (χ0v) is 34.2. The summed E-state index contributed by atoms with van der Waals surface area (Å²) in [6.45, 7) is 16.9. The number of allylic oxidation sites excluding steroid dienone is 4. The third kappa shape index (κ3) is 6.53. The Kier molecular flexibility index (Phi) is 9.99. The van der Waals surface area contributed by atoms with E-state index in [1.165, 1.54) is 71.9 Å². The molecule has 9 rings (SSSR count). The van der Waals surface area contributed by atoms with Crippen LogP contribution in [0.15, 0.2) is 81.7 Å². The summed E-state index contributed by atoms with van der Waals surface area (Å²) in [5.41, 5.74) is 13.2. The van der Waals surface area contributed by atoms with Gasteiger partial charge in [0.05, 0.1) is 0 Å². The second-order valence-corrected chi connectivity index (χ2v) is 23.9. The molecule has 252 valence electrons. The number of fused-ring (bicyclic) bond motifs is 3. The Morgan fingerprint density at radius 1 is 0.750 bits per heavy atom. The zero-order valence-electron chi connectivity index (χ0n) is 30.2. The first-order chi connectivity index (χ1) is 21.9. The summed E-state index contributed by atoms with van der Waals surface area (Å²) >= 11 is -2.46. The van der Waals surface area contributed by atoms with Crippen molar-refractivity contribution in [3.8, 4) is 11.1 Å². The quantitative estimate of drug-likeness (QED) is 0.274. The fourth-order valence-electron chi connectivity index (χ4n) is 10.5. The molecule has 0 nitrogen and oxygen atoms in total. The van der Waals surface area contributed by atoms with Crippen molar-refractivity contribution in [2.75, 3.05) is 0 Å². The summed E-state index contributed by atoms with van der Waals surface area (Å²) in [6, 6.07) is 24.0. The van der Waals surface area contributed by atoms with Gasteiger partial charge in [0, 0.05) is 0 Å². The molecule has 0 saturated heterocycles. The van der Waals surface area contributed by atoms with Gasteiger partial charge in [0.15, 0.2) is 0 Å². The molecule has 0 spiro atoms. The van der Waals surface area contributed by atoms with E-state index in [0.29, 0.717) is 11.3 Å². The molecule has 4 saturated carbocycles. The molecule has 0 radical (unpaired) electrons. The molecule has 0 amide bonds. The van der Waals surface area contributed by atoms with Crippen molar-refractivity contribution >= 4 is 6.98 Å². The Morgan fingerprint density at radius 2 is 1.35 bits per heavy atom. The third-order valence-electron chi connectivity index (χ3n) is 12.6. The summed E-state index contributed by atoms with van der Waals surface area (Å²) in [4.78, 5) is 0. The van der Waals surface area contributed by atoms with E-state index in [9.17, 15) is 0 Å². The topological polar surface area (TPSA) is 0 Å². The fourth-order valence-corrected chi connectivity index (χ4v) is 17.7. The molecule has 0 aromatic heterocycles. The van der Waals surface area contributed by atoms with Crippen molar-refractivity contribution in [2.24, 2.45) is 29.1 Å². The van der Waals surface area contributed by atoms with Gasteiger partial charge in [-0.05, 0) is 0 Å². The predicted octanol–water partition coefficient (Wildman–Crippen LogP) is 4.83. The predicted molar refractivity (Wildman–Crippen MR) is 194 cm³/mol. The van der Waals surface area contributed by atoms with Gasteiger partial charge in [-0.1, -0.05) is 0 Å². The molecule has 6 aliphatic rings. The van der Waals surface area contributed by atoms with E-state index >= 15 is 0 Å². The van der Waals surface area contributed by atoms with Gasteiger partial charge >= 0.3 is 289 Å². The van der Waals surface area contributed by atoms with Crippen LogP contribution >= 0.6 is 0 Å². The van der Waals surface area contributed by atoms with Crippen LogP contribution in [0, 0.1) is 29.1 Å². The molecule has 0 aliphatic heterocycles. The monoisotopic (exact) mass is 754 g/mol. The summed E-state index contributed by atoms with van der Waals surface area (Å²) < 4.78 is 6.47. The zero-order chi connectivity index (χ0) is 32.0. The van der Waals surface area contributed by atoms with Gasteiger partial charge in [0.25, 0.3) is 0 Å². The van der Waals surface area contributed by atoms with Crippen molar-refractivity contribution in [3.05, 3.63) is 109 Å². The number of halogens is 2. The molecule has 6 aliphatic carbocycles. The van der Waals surface area contributed by atoms with E-state index in [2.05, 4.69) is 125 Å². The van der Waals surface area contributed by atoms with Gasteiger partial charge in [-0.15, -0.1) is 0 Å².